The van der Waals surface area contributed by atoms with E-state index in [-0.39, 0.29) is 0 Å². The van der Waals surface area contributed by atoms with Crippen LogP contribution in [0.5, 0.6) is 0 Å². The molecule has 0 aliphatic heterocycles. The van der Waals surface area contributed by atoms with Crippen molar-refractivity contribution in [2.75, 3.05) is 0 Å². The number of rotatable bonds is 2. The van der Waals surface area contributed by atoms with Gasteiger partial charge in [0.15, 0.2) is 5.82 Å². The number of aromatic nitrogens is 3. The van der Waals surface area contributed by atoms with Crippen molar-refractivity contribution >= 4 is 6.08 Å². The first-order valence-electron chi connectivity index (χ1n) is 5.62. The Morgan fingerprint density at radius 3 is 2.93 bits per heavy atom. The van der Waals surface area contributed by atoms with Crippen LogP contribution in [-0.2, 0) is 6.54 Å². The fourth-order valence-electron chi connectivity index (χ4n) is 1.97. The SMILES string of the molecule is CCn1ncnc1C=C1CCC(N)CC1. The van der Waals surface area contributed by atoms with Gasteiger partial charge in [0.05, 0.1) is 0 Å². The second kappa shape index (κ2) is 4.57. The predicted molar refractivity (Wildman–Crippen MR) is 60.1 cm³/mol. The molecule has 1 aliphatic carbocycles. The zero-order valence-electron chi connectivity index (χ0n) is 9.19. The van der Waals surface area contributed by atoms with Crippen LogP contribution in [-0.4, -0.2) is 20.8 Å². The maximum Gasteiger partial charge on any atom is 0.150 e. The standard InChI is InChI=1S/C11H18N4/c1-2-15-11(13-8-14-15)7-9-3-5-10(12)6-4-9/h7-8,10H,2-6,12H2,1H3. The van der Waals surface area contributed by atoms with E-state index < -0.39 is 0 Å². The summed E-state index contributed by atoms with van der Waals surface area (Å²) in [6.45, 7) is 2.95. The Hall–Kier alpha value is -1.16. The summed E-state index contributed by atoms with van der Waals surface area (Å²) < 4.78 is 1.92. The van der Waals surface area contributed by atoms with Crippen LogP contribution in [0.4, 0.5) is 0 Å². The van der Waals surface area contributed by atoms with E-state index in [1.807, 2.05) is 4.68 Å². The Labute approximate surface area is 90.2 Å². The topological polar surface area (TPSA) is 56.7 Å². The molecule has 15 heavy (non-hydrogen) atoms. The van der Waals surface area contributed by atoms with Gasteiger partial charge < -0.3 is 5.73 Å². The molecule has 1 aromatic heterocycles. The van der Waals surface area contributed by atoms with E-state index in [1.54, 1.807) is 6.33 Å². The number of hydrogen-bond donors (Lipinski definition) is 1. The van der Waals surface area contributed by atoms with Gasteiger partial charge in [-0.1, -0.05) is 5.57 Å². The van der Waals surface area contributed by atoms with Crippen molar-refractivity contribution in [2.45, 2.75) is 45.2 Å². The third kappa shape index (κ3) is 2.45. The van der Waals surface area contributed by atoms with Crippen LogP contribution in [0.2, 0.25) is 0 Å². The average molecular weight is 206 g/mol. The van der Waals surface area contributed by atoms with Crippen molar-refractivity contribution in [2.24, 2.45) is 5.73 Å². The van der Waals surface area contributed by atoms with Crippen molar-refractivity contribution in [3.63, 3.8) is 0 Å². The molecule has 1 aromatic rings. The van der Waals surface area contributed by atoms with Crippen LogP contribution >= 0.6 is 0 Å². The van der Waals surface area contributed by atoms with E-state index in [2.05, 4.69) is 23.1 Å². The predicted octanol–water partition coefficient (Wildman–Crippen LogP) is 1.58. The monoisotopic (exact) mass is 206 g/mol. The summed E-state index contributed by atoms with van der Waals surface area (Å²) in [5.41, 5.74) is 7.32. The minimum atomic E-state index is 0.395. The smallest absolute Gasteiger partial charge is 0.150 e. The van der Waals surface area contributed by atoms with Crippen LogP contribution < -0.4 is 5.73 Å². The lowest BCUT2D eigenvalue weighted by Gasteiger charge is -2.19. The summed E-state index contributed by atoms with van der Waals surface area (Å²) in [5.74, 6) is 0.975. The molecule has 82 valence electrons. The summed E-state index contributed by atoms with van der Waals surface area (Å²) in [4.78, 5) is 4.24. The molecule has 1 aliphatic rings. The van der Waals surface area contributed by atoms with Crippen LogP contribution in [0.3, 0.4) is 0 Å². The normalized spacial score (nSPS) is 21.7. The zero-order valence-corrected chi connectivity index (χ0v) is 9.19. The van der Waals surface area contributed by atoms with Crippen LogP contribution in [0.15, 0.2) is 11.9 Å². The Kier molecular flexibility index (Phi) is 3.16. The third-order valence-electron chi connectivity index (χ3n) is 2.95. The van der Waals surface area contributed by atoms with E-state index in [0.717, 1.165) is 38.1 Å². The maximum atomic E-state index is 5.87. The Bertz CT molecular complexity index is 343. The number of aryl methyl sites for hydroxylation is 1. The minimum Gasteiger partial charge on any atom is -0.328 e. The lowest BCUT2D eigenvalue weighted by molar-refractivity contribution is 0.513. The second-order valence-corrected chi connectivity index (χ2v) is 4.07. The van der Waals surface area contributed by atoms with E-state index in [9.17, 15) is 0 Å². The highest BCUT2D eigenvalue weighted by molar-refractivity contribution is 5.45. The number of nitrogens with two attached hydrogens (primary N) is 1. The molecule has 1 fully saturated rings. The van der Waals surface area contributed by atoms with Gasteiger partial charge in [0.25, 0.3) is 0 Å². The third-order valence-corrected chi connectivity index (χ3v) is 2.95. The van der Waals surface area contributed by atoms with E-state index in [4.69, 9.17) is 5.73 Å². The van der Waals surface area contributed by atoms with Gasteiger partial charge in [-0.2, -0.15) is 5.10 Å². The molecule has 0 radical (unpaired) electrons. The largest absolute Gasteiger partial charge is 0.328 e. The van der Waals surface area contributed by atoms with Crippen LogP contribution in [0.1, 0.15) is 38.4 Å². The highest BCUT2D eigenvalue weighted by Gasteiger charge is 2.13. The van der Waals surface area contributed by atoms with Crippen LogP contribution in [0, 0.1) is 0 Å². The molecule has 2 rings (SSSR count). The Morgan fingerprint density at radius 1 is 1.53 bits per heavy atom. The Balaban J connectivity index is 2.09. The summed E-state index contributed by atoms with van der Waals surface area (Å²) in [6.07, 6.45) is 8.21. The molecule has 0 unspecified atom stereocenters. The summed E-state index contributed by atoms with van der Waals surface area (Å²) in [6, 6.07) is 0.395. The molecule has 0 saturated heterocycles. The van der Waals surface area contributed by atoms with Gasteiger partial charge in [0, 0.05) is 12.6 Å². The maximum absolute atomic E-state index is 5.87. The molecule has 1 saturated carbocycles. The first-order valence-corrected chi connectivity index (χ1v) is 5.62. The molecule has 0 atom stereocenters. The quantitative estimate of drug-likeness (QED) is 0.799. The average Bonchev–Trinajstić information content (AvgIpc) is 2.69. The molecule has 0 amide bonds. The van der Waals surface area contributed by atoms with E-state index in [0.29, 0.717) is 6.04 Å². The molecule has 1 heterocycles. The fraction of sp³-hybridized carbons (Fsp3) is 0.636. The van der Waals surface area contributed by atoms with Crippen molar-refractivity contribution in [1.29, 1.82) is 0 Å². The lowest BCUT2D eigenvalue weighted by atomic mass is 9.91. The van der Waals surface area contributed by atoms with Gasteiger partial charge in [-0.25, -0.2) is 9.67 Å². The van der Waals surface area contributed by atoms with Crippen LogP contribution in [0.25, 0.3) is 6.08 Å². The van der Waals surface area contributed by atoms with Crippen molar-refractivity contribution in [3.8, 4) is 0 Å². The Morgan fingerprint density at radius 2 is 2.27 bits per heavy atom. The van der Waals surface area contributed by atoms with E-state index in [1.165, 1.54) is 5.57 Å². The molecular formula is C11H18N4. The highest BCUT2D eigenvalue weighted by atomic mass is 15.3. The first kappa shape index (κ1) is 10.4. The summed E-state index contributed by atoms with van der Waals surface area (Å²) >= 11 is 0. The van der Waals surface area contributed by atoms with Gasteiger partial charge in [0.1, 0.15) is 6.33 Å². The van der Waals surface area contributed by atoms with Gasteiger partial charge >= 0.3 is 0 Å². The molecule has 0 aromatic carbocycles. The molecule has 4 heteroatoms. The minimum absolute atomic E-state index is 0.395. The van der Waals surface area contributed by atoms with E-state index >= 15 is 0 Å². The number of nitrogens with zero attached hydrogens (tertiary/aromatic N) is 3. The molecule has 2 N–H and O–H groups in total. The van der Waals surface area contributed by atoms with Crippen molar-refractivity contribution < 1.29 is 0 Å². The lowest BCUT2D eigenvalue weighted by Crippen LogP contribution is -2.23. The number of hydrogen-bond acceptors (Lipinski definition) is 3. The van der Waals surface area contributed by atoms with Gasteiger partial charge in [-0.15, -0.1) is 0 Å². The van der Waals surface area contributed by atoms with Gasteiger partial charge in [-0.3, -0.25) is 0 Å². The van der Waals surface area contributed by atoms with Gasteiger partial charge in [-0.05, 0) is 38.7 Å². The molecular weight excluding hydrogens is 188 g/mol. The molecule has 0 spiro atoms. The van der Waals surface area contributed by atoms with Gasteiger partial charge in [0.2, 0.25) is 0 Å². The zero-order chi connectivity index (χ0) is 10.7. The molecule has 4 nitrogen and oxygen atoms in total. The summed E-state index contributed by atoms with van der Waals surface area (Å²) in [7, 11) is 0. The van der Waals surface area contributed by atoms with Crippen molar-refractivity contribution in [3.05, 3.63) is 17.7 Å². The highest BCUT2D eigenvalue weighted by Crippen LogP contribution is 2.23. The summed E-state index contributed by atoms with van der Waals surface area (Å²) in [5, 5.41) is 4.15. The fourth-order valence-corrected chi connectivity index (χ4v) is 1.97. The number of allylic oxidation sites excluding steroid dienone is 1. The second-order valence-electron chi connectivity index (χ2n) is 4.07. The van der Waals surface area contributed by atoms with Crippen molar-refractivity contribution in [1.82, 2.24) is 14.8 Å². The first-order chi connectivity index (χ1) is 7.29. The molecule has 0 bridgehead atoms.